The highest BCUT2D eigenvalue weighted by Gasteiger charge is 2.22. The summed E-state index contributed by atoms with van der Waals surface area (Å²) in [6.45, 7) is 0. The summed E-state index contributed by atoms with van der Waals surface area (Å²) in [6, 6.07) is 7.89. The molecule has 0 unspecified atom stereocenters. The van der Waals surface area contributed by atoms with Gasteiger partial charge in [-0.25, -0.2) is 13.1 Å². The predicted molar refractivity (Wildman–Crippen MR) is 90.2 cm³/mol. The van der Waals surface area contributed by atoms with Gasteiger partial charge in [0.25, 0.3) is 10.0 Å². The summed E-state index contributed by atoms with van der Waals surface area (Å²) in [7, 11) is -1.08. The summed E-state index contributed by atoms with van der Waals surface area (Å²) in [5, 5.41) is 7.65. The lowest BCUT2D eigenvalue weighted by Crippen LogP contribution is -2.13. The molecular weight excluding hydrogens is 352 g/mol. The Balaban J connectivity index is 1.92. The van der Waals surface area contributed by atoms with Crippen LogP contribution >= 0.6 is 11.3 Å². The van der Waals surface area contributed by atoms with Crippen molar-refractivity contribution in [3.63, 3.8) is 0 Å². The van der Waals surface area contributed by atoms with Crippen LogP contribution in [0.1, 0.15) is 0 Å². The van der Waals surface area contributed by atoms with Crippen molar-refractivity contribution < 1.29 is 22.4 Å². The van der Waals surface area contributed by atoms with Gasteiger partial charge in [-0.2, -0.15) is 11.3 Å². The van der Waals surface area contributed by atoms with Gasteiger partial charge < -0.3 is 14.0 Å². The van der Waals surface area contributed by atoms with Crippen molar-refractivity contribution in [2.45, 2.75) is 4.90 Å². The largest absolute Gasteiger partial charge is 0.497 e. The molecule has 1 aromatic carbocycles. The van der Waals surface area contributed by atoms with Crippen molar-refractivity contribution in [2.24, 2.45) is 0 Å². The zero-order valence-electron chi connectivity index (χ0n) is 12.8. The minimum atomic E-state index is -3.93. The summed E-state index contributed by atoms with van der Waals surface area (Å²) in [5.41, 5.74) is 1.40. The lowest BCUT2D eigenvalue weighted by atomic mass is 10.2. The van der Waals surface area contributed by atoms with Crippen LogP contribution in [-0.4, -0.2) is 27.8 Å². The van der Waals surface area contributed by atoms with E-state index in [1.807, 2.05) is 16.8 Å². The molecule has 0 amide bonds. The van der Waals surface area contributed by atoms with E-state index in [9.17, 15) is 8.42 Å². The minimum absolute atomic E-state index is 0.0149. The Kier molecular flexibility index (Phi) is 4.45. The van der Waals surface area contributed by atoms with E-state index in [0.717, 1.165) is 5.56 Å². The molecule has 24 heavy (non-hydrogen) atoms. The maximum absolute atomic E-state index is 12.6. The molecule has 0 fully saturated rings. The van der Waals surface area contributed by atoms with Gasteiger partial charge in [0.1, 0.15) is 22.1 Å². The molecule has 3 rings (SSSR count). The van der Waals surface area contributed by atoms with Crippen LogP contribution in [0.25, 0.3) is 11.3 Å². The third-order valence-electron chi connectivity index (χ3n) is 3.22. The highest BCUT2D eigenvalue weighted by molar-refractivity contribution is 7.92. The fraction of sp³-hybridized carbons (Fsp3) is 0.133. The second-order valence-electron chi connectivity index (χ2n) is 4.71. The Morgan fingerprint density at radius 3 is 2.67 bits per heavy atom. The molecule has 0 saturated heterocycles. The highest BCUT2D eigenvalue weighted by Crippen LogP contribution is 2.31. The first-order valence-electron chi connectivity index (χ1n) is 6.77. The fourth-order valence-corrected chi connectivity index (χ4v) is 3.86. The average molecular weight is 366 g/mol. The quantitative estimate of drug-likeness (QED) is 0.720. The van der Waals surface area contributed by atoms with Crippen molar-refractivity contribution >= 4 is 27.2 Å². The molecule has 0 radical (unpaired) electrons. The van der Waals surface area contributed by atoms with Crippen LogP contribution in [0, 0.1) is 0 Å². The Bertz CT molecular complexity index is 933. The van der Waals surface area contributed by atoms with Gasteiger partial charge in [-0.05, 0) is 23.6 Å². The fourth-order valence-electron chi connectivity index (χ4n) is 2.05. The number of hydrogen-bond donors (Lipinski definition) is 1. The van der Waals surface area contributed by atoms with E-state index in [1.165, 1.54) is 43.8 Å². The molecule has 0 bridgehead atoms. The first kappa shape index (κ1) is 16.3. The number of sulfonamides is 1. The standard InChI is InChI=1S/C15H14N2O5S2/c1-20-11-3-4-13(21-2)14(7-11)24(18,19)17-15-8-12(16-22-15)10-5-6-23-9-10/h3-9,17H,1-2H3. The second-order valence-corrected chi connectivity index (χ2v) is 7.14. The number of aromatic nitrogens is 1. The van der Waals surface area contributed by atoms with Crippen LogP contribution in [0.2, 0.25) is 0 Å². The van der Waals surface area contributed by atoms with Gasteiger partial charge in [0.2, 0.25) is 5.88 Å². The third-order valence-corrected chi connectivity index (χ3v) is 5.27. The number of methoxy groups -OCH3 is 2. The van der Waals surface area contributed by atoms with E-state index in [2.05, 4.69) is 9.88 Å². The van der Waals surface area contributed by atoms with Crippen molar-refractivity contribution in [3.8, 4) is 22.8 Å². The molecule has 0 aliphatic carbocycles. The normalized spacial score (nSPS) is 11.2. The molecule has 0 saturated carbocycles. The van der Waals surface area contributed by atoms with Gasteiger partial charge in [-0.1, -0.05) is 5.16 Å². The molecule has 7 nitrogen and oxygen atoms in total. The summed E-state index contributed by atoms with van der Waals surface area (Å²) in [6.07, 6.45) is 0. The maximum Gasteiger partial charge on any atom is 0.268 e. The monoisotopic (exact) mass is 366 g/mol. The topological polar surface area (TPSA) is 90.7 Å². The smallest absolute Gasteiger partial charge is 0.268 e. The molecule has 3 aromatic rings. The van der Waals surface area contributed by atoms with Crippen LogP contribution < -0.4 is 14.2 Å². The third kappa shape index (κ3) is 3.22. The predicted octanol–water partition coefficient (Wildman–Crippen LogP) is 3.22. The van der Waals surface area contributed by atoms with Gasteiger partial charge in [-0.3, -0.25) is 0 Å². The molecule has 9 heteroatoms. The highest BCUT2D eigenvalue weighted by atomic mass is 32.2. The van der Waals surface area contributed by atoms with Crippen LogP contribution in [0.15, 0.2) is 50.5 Å². The lowest BCUT2D eigenvalue weighted by molar-refractivity contribution is 0.392. The van der Waals surface area contributed by atoms with E-state index < -0.39 is 10.0 Å². The Morgan fingerprint density at radius 1 is 1.17 bits per heavy atom. The average Bonchev–Trinajstić information content (AvgIpc) is 3.25. The van der Waals surface area contributed by atoms with E-state index in [4.69, 9.17) is 14.0 Å². The maximum atomic E-state index is 12.6. The van der Waals surface area contributed by atoms with E-state index in [0.29, 0.717) is 11.4 Å². The molecule has 0 spiro atoms. The Hall–Kier alpha value is -2.52. The Morgan fingerprint density at radius 2 is 2.00 bits per heavy atom. The van der Waals surface area contributed by atoms with Gasteiger partial charge in [0.15, 0.2) is 0 Å². The number of hydrogen-bond acceptors (Lipinski definition) is 7. The van der Waals surface area contributed by atoms with Crippen molar-refractivity contribution in [2.75, 3.05) is 18.9 Å². The SMILES string of the molecule is COc1ccc(OC)c(S(=O)(=O)Nc2cc(-c3ccsc3)no2)c1. The van der Waals surface area contributed by atoms with Gasteiger partial charge >= 0.3 is 0 Å². The van der Waals surface area contributed by atoms with Crippen molar-refractivity contribution in [1.29, 1.82) is 0 Å². The molecule has 2 heterocycles. The van der Waals surface area contributed by atoms with Gasteiger partial charge in [0, 0.05) is 23.1 Å². The second kappa shape index (κ2) is 6.54. The number of thiophene rings is 1. The zero-order chi connectivity index (χ0) is 17.2. The zero-order valence-corrected chi connectivity index (χ0v) is 14.5. The molecule has 0 aliphatic rings. The molecule has 1 N–H and O–H groups in total. The van der Waals surface area contributed by atoms with Crippen molar-refractivity contribution in [1.82, 2.24) is 5.16 Å². The summed E-state index contributed by atoms with van der Waals surface area (Å²) in [5.74, 6) is 0.606. The van der Waals surface area contributed by atoms with Crippen LogP contribution in [-0.2, 0) is 10.0 Å². The van der Waals surface area contributed by atoms with Crippen LogP contribution in [0.3, 0.4) is 0 Å². The van der Waals surface area contributed by atoms with Gasteiger partial charge in [-0.15, -0.1) is 0 Å². The first-order valence-corrected chi connectivity index (χ1v) is 9.20. The van der Waals surface area contributed by atoms with Gasteiger partial charge in [0.05, 0.1) is 14.2 Å². The number of anilines is 1. The summed E-state index contributed by atoms with van der Waals surface area (Å²) >= 11 is 1.51. The number of benzene rings is 1. The minimum Gasteiger partial charge on any atom is -0.497 e. The lowest BCUT2D eigenvalue weighted by Gasteiger charge is -2.11. The number of nitrogens with zero attached hydrogens (tertiary/aromatic N) is 1. The molecule has 2 aromatic heterocycles. The van der Waals surface area contributed by atoms with Crippen LogP contribution in [0.5, 0.6) is 11.5 Å². The molecule has 126 valence electrons. The first-order chi connectivity index (χ1) is 11.5. The van der Waals surface area contributed by atoms with E-state index >= 15 is 0 Å². The molecular formula is C15H14N2O5S2. The summed E-state index contributed by atoms with van der Waals surface area (Å²) < 4.78 is 42.8. The summed E-state index contributed by atoms with van der Waals surface area (Å²) in [4.78, 5) is -0.0576. The van der Waals surface area contributed by atoms with E-state index in [1.54, 1.807) is 6.07 Å². The van der Waals surface area contributed by atoms with Crippen molar-refractivity contribution in [3.05, 3.63) is 41.1 Å². The van der Waals surface area contributed by atoms with Crippen LogP contribution in [0.4, 0.5) is 5.88 Å². The Labute approximate surface area is 142 Å². The number of nitrogens with one attached hydrogen (secondary N) is 1. The molecule has 0 aliphatic heterocycles. The number of rotatable bonds is 6. The van der Waals surface area contributed by atoms with E-state index in [-0.39, 0.29) is 16.5 Å². The molecule has 0 atom stereocenters. The number of ether oxygens (including phenoxy) is 2.